The van der Waals surface area contributed by atoms with Gasteiger partial charge in [-0.2, -0.15) is 0 Å². The van der Waals surface area contributed by atoms with Crippen LogP contribution in [-0.2, 0) is 13.2 Å². The summed E-state index contributed by atoms with van der Waals surface area (Å²) < 4.78 is 5.65. The first-order valence-electron chi connectivity index (χ1n) is 6.34. The summed E-state index contributed by atoms with van der Waals surface area (Å²) in [5.41, 5.74) is 1.75. The lowest BCUT2D eigenvalue weighted by Gasteiger charge is -2.08. The zero-order valence-electron chi connectivity index (χ0n) is 11.0. The summed E-state index contributed by atoms with van der Waals surface area (Å²) >= 11 is 0. The highest BCUT2D eigenvalue weighted by Gasteiger charge is 1.99. The van der Waals surface area contributed by atoms with Gasteiger partial charge in [0, 0.05) is 6.54 Å². The summed E-state index contributed by atoms with van der Waals surface area (Å²) in [6.45, 7) is 3.36. The van der Waals surface area contributed by atoms with Crippen molar-refractivity contribution in [3.63, 3.8) is 0 Å². The maximum absolute atomic E-state index is 8.96. The molecular formula is C15H18N2O2. The highest BCUT2D eigenvalue weighted by molar-refractivity contribution is 5.35. The number of aliphatic hydroxyl groups is 1. The fraction of sp³-hybridized carbons (Fsp3) is 0.267. The zero-order chi connectivity index (χ0) is 13.5. The SMILES string of the molecule is CCNc1cccc(COc2ccc(CO)cc2)n1. The van der Waals surface area contributed by atoms with Gasteiger partial charge in [-0.05, 0) is 36.8 Å². The van der Waals surface area contributed by atoms with Crippen LogP contribution in [0, 0.1) is 0 Å². The molecule has 0 saturated heterocycles. The number of hydrogen-bond acceptors (Lipinski definition) is 4. The monoisotopic (exact) mass is 258 g/mol. The predicted molar refractivity (Wildman–Crippen MR) is 75.1 cm³/mol. The van der Waals surface area contributed by atoms with Gasteiger partial charge < -0.3 is 15.2 Å². The molecule has 100 valence electrons. The Kier molecular flexibility index (Phi) is 4.75. The number of benzene rings is 1. The van der Waals surface area contributed by atoms with Crippen LogP contribution in [0.1, 0.15) is 18.2 Å². The third kappa shape index (κ3) is 3.96. The number of anilines is 1. The van der Waals surface area contributed by atoms with Crippen LogP contribution >= 0.6 is 0 Å². The zero-order valence-corrected chi connectivity index (χ0v) is 11.0. The molecule has 0 aliphatic heterocycles. The van der Waals surface area contributed by atoms with E-state index >= 15 is 0 Å². The van der Waals surface area contributed by atoms with Crippen LogP contribution in [0.5, 0.6) is 5.75 Å². The first kappa shape index (κ1) is 13.4. The van der Waals surface area contributed by atoms with E-state index in [-0.39, 0.29) is 6.61 Å². The van der Waals surface area contributed by atoms with E-state index in [9.17, 15) is 0 Å². The van der Waals surface area contributed by atoms with Crippen LogP contribution < -0.4 is 10.1 Å². The third-order valence-electron chi connectivity index (χ3n) is 2.66. The Morgan fingerprint density at radius 2 is 1.95 bits per heavy atom. The van der Waals surface area contributed by atoms with E-state index in [1.807, 2.05) is 49.4 Å². The number of nitrogens with zero attached hydrogens (tertiary/aromatic N) is 1. The lowest BCUT2D eigenvalue weighted by atomic mass is 10.2. The normalized spacial score (nSPS) is 10.2. The second kappa shape index (κ2) is 6.75. The molecule has 1 heterocycles. The maximum Gasteiger partial charge on any atom is 0.130 e. The van der Waals surface area contributed by atoms with Gasteiger partial charge in [0.25, 0.3) is 0 Å². The Morgan fingerprint density at radius 1 is 1.16 bits per heavy atom. The van der Waals surface area contributed by atoms with Crippen LogP contribution in [-0.4, -0.2) is 16.6 Å². The van der Waals surface area contributed by atoms with Gasteiger partial charge in [0.05, 0.1) is 12.3 Å². The Labute approximate surface area is 113 Å². The maximum atomic E-state index is 8.96. The summed E-state index contributed by atoms with van der Waals surface area (Å²) in [5, 5.41) is 12.1. The Balaban J connectivity index is 1.95. The van der Waals surface area contributed by atoms with E-state index in [0.29, 0.717) is 6.61 Å². The first-order valence-corrected chi connectivity index (χ1v) is 6.34. The van der Waals surface area contributed by atoms with Crippen LogP contribution in [0.3, 0.4) is 0 Å². The van der Waals surface area contributed by atoms with Gasteiger partial charge in [-0.15, -0.1) is 0 Å². The number of aliphatic hydroxyl groups excluding tert-OH is 1. The molecule has 0 aliphatic carbocycles. The van der Waals surface area contributed by atoms with Crippen molar-refractivity contribution >= 4 is 5.82 Å². The van der Waals surface area contributed by atoms with Gasteiger partial charge in [-0.1, -0.05) is 18.2 Å². The summed E-state index contributed by atoms with van der Waals surface area (Å²) in [5.74, 6) is 1.63. The average molecular weight is 258 g/mol. The number of rotatable bonds is 6. The number of nitrogens with one attached hydrogen (secondary N) is 1. The number of ether oxygens (including phenoxy) is 1. The fourth-order valence-electron chi connectivity index (χ4n) is 1.69. The van der Waals surface area contributed by atoms with Crippen molar-refractivity contribution in [1.82, 2.24) is 4.98 Å². The average Bonchev–Trinajstić information content (AvgIpc) is 2.46. The first-order chi connectivity index (χ1) is 9.31. The second-order valence-electron chi connectivity index (χ2n) is 4.14. The highest BCUT2D eigenvalue weighted by atomic mass is 16.5. The van der Waals surface area contributed by atoms with E-state index in [0.717, 1.165) is 29.4 Å². The highest BCUT2D eigenvalue weighted by Crippen LogP contribution is 2.14. The second-order valence-corrected chi connectivity index (χ2v) is 4.14. The molecule has 1 aromatic carbocycles. The molecule has 0 amide bonds. The minimum Gasteiger partial charge on any atom is -0.487 e. The molecule has 0 atom stereocenters. The van der Waals surface area contributed by atoms with E-state index in [2.05, 4.69) is 10.3 Å². The topological polar surface area (TPSA) is 54.4 Å². The Morgan fingerprint density at radius 3 is 2.63 bits per heavy atom. The van der Waals surface area contributed by atoms with Crippen molar-refractivity contribution in [2.24, 2.45) is 0 Å². The van der Waals surface area contributed by atoms with E-state index in [4.69, 9.17) is 9.84 Å². The van der Waals surface area contributed by atoms with Gasteiger partial charge in [0.2, 0.25) is 0 Å². The minimum absolute atomic E-state index is 0.0482. The molecule has 4 heteroatoms. The summed E-state index contributed by atoms with van der Waals surface area (Å²) in [4.78, 5) is 4.44. The van der Waals surface area contributed by atoms with Crippen LogP contribution in [0.15, 0.2) is 42.5 Å². The number of aromatic nitrogens is 1. The van der Waals surface area contributed by atoms with Gasteiger partial charge in [-0.25, -0.2) is 4.98 Å². The summed E-state index contributed by atoms with van der Waals surface area (Å²) in [6.07, 6.45) is 0. The van der Waals surface area contributed by atoms with Crippen LogP contribution in [0.25, 0.3) is 0 Å². The molecule has 0 fully saturated rings. The summed E-state index contributed by atoms with van der Waals surface area (Å²) in [7, 11) is 0. The van der Waals surface area contributed by atoms with Crippen LogP contribution in [0.2, 0.25) is 0 Å². The fourth-order valence-corrected chi connectivity index (χ4v) is 1.69. The third-order valence-corrected chi connectivity index (χ3v) is 2.66. The minimum atomic E-state index is 0.0482. The van der Waals surface area contributed by atoms with Crippen molar-refractivity contribution in [3.05, 3.63) is 53.7 Å². The molecule has 2 N–H and O–H groups in total. The Hall–Kier alpha value is -2.07. The lowest BCUT2D eigenvalue weighted by Crippen LogP contribution is -2.03. The van der Waals surface area contributed by atoms with E-state index in [1.165, 1.54) is 0 Å². The molecule has 0 radical (unpaired) electrons. The molecule has 0 saturated carbocycles. The number of hydrogen-bond donors (Lipinski definition) is 2. The molecule has 0 spiro atoms. The largest absolute Gasteiger partial charge is 0.487 e. The summed E-state index contributed by atoms with van der Waals surface area (Å²) in [6, 6.07) is 13.2. The molecule has 0 aliphatic rings. The van der Waals surface area contributed by atoms with Crippen molar-refractivity contribution in [1.29, 1.82) is 0 Å². The molecule has 2 aromatic rings. The molecule has 0 unspecified atom stereocenters. The molecule has 4 nitrogen and oxygen atoms in total. The molecule has 2 rings (SSSR count). The molecule has 0 bridgehead atoms. The van der Waals surface area contributed by atoms with E-state index < -0.39 is 0 Å². The van der Waals surface area contributed by atoms with Crippen molar-refractivity contribution < 1.29 is 9.84 Å². The molecule has 1 aromatic heterocycles. The smallest absolute Gasteiger partial charge is 0.130 e. The van der Waals surface area contributed by atoms with Gasteiger partial charge in [-0.3, -0.25) is 0 Å². The standard InChI is InChI=1S/C15H18N2O2/c1-2-16-15-5-3-4-13(17-15)11-19-14-8-6-12(10-18)7-9-14/h3-9,18H,2,10-11H2,1H3,(H,16,17). The van der Waals surface area contributed by atoms with Crippen molar-refractivity contribution in [2.45, 2.75) is 20.1 Å². The van der Waals surface area contributed by atoms with Gasteiger partial charge >= 0.3 is 0 Å². The van der Waals surface area contributed by atoms with Crippen molar-refractivity contribution in [2.75, 3.05) is 11.9 Å². The van der Waals surface area contributed by atoms with Gasteiger partial charge in [0.15, 0.2) is 0 Å². The van der Waals surface area contributed by atoms with Crippen LogP contribution in [0.4, 0.5) is 5.82 Å². The number of pyridine rings is 1. The Bertz CT molecular complexity index is 512. The lowest BCUT2D eigenvalue weighted by molar-refractivity contribution is 0.280. The quantitative estimate of drug-likeness (QED) is 0.836. The van der Waals surface area contributed by atoms with E-state index in [1.54, 1.807) is 0 Å². The predicted octanol–water partition coefficient (Wildman–Crippen LogP) is 2.58. The molecular weight excluding hydrogens is 240 g/mol. The molecule has 19 heavy (non-hydrogen) atoms. The van der Waals surface area contributed by atoms with Gasteiger partial charge in [0.1, 0.15) is 18.2 Å². The van der Waals surface area contributed by atoms with Crippen molar-refractivity contribution in [3.8, 4) is 5.75 Å².